The molecule has 3 amide bonds. The van der Waals surface area contributed by atoms with Crippen molar-refractivity contribution in [2.75, 3.05) is 24.9 Å². The maximum atomic E-state index is 14.0. The smallest absolute Gasteiger partial charge is 0.273 e. The van der Waals surface area contributed by atoms with E-state index >= 15 is 0 Å². The summed E-state index contributed by atoms with van der Waals surface area (Å²) in [7, 11) is 2.99. The van der Waals surface area contributed by atoms with Crippen LogP contribution in [0.5, 0.6) is 11.5 Å². The number of benzene rings is 2. The second-order valence-electron chi connectivity index (χ2n) is 8.91. The van der Waals surface area contributed by atoms with Crippen LogP contribution in [-0.4, -0.2) is 41.9 Å². The predicted octanol–water partition coefficient (Wildman–Crippen LogP) is 3.14. The number of hydrogen-bond acceptors (Lipinski definition) is 8. The quantitative estimate of drug-likeness (QED) is 0.420. The molecule has 0 unspecified atom stereocenters. The standard InChI is InChI=1S/C25H29N5O5S/c1-25(2,3)28-23(32)20(14-11-12-16(34-4)17(13-14)35-5)30(15-9-7-6-8-10-15)24(33)21-18(26)19(22(27)31)29-36-21/h6-13,20H,26H2,1-5H3,(H2,27,31)(H,28,32)/t20-/m0/s1. The highest BCUT2D eigenvalue weighted by Gasteiger charge is 2.37. The van der Waals surface area contributed by atoms with Gasteiger partial charge in [0.1, 0.15) is 10.9 Å². The number of nitrogens with zero attached hydrogens (tertiary/aromatic N) is 2. The Hall–Kier alpha value is -4.12. The number of ether oxygens (including phenoxy) is 2. The van der Waals surface area contributed by atoms with Gasteiger partial charge in [-0.15, -0.1) is 0 Å². The molecule has 0 aliphatic carbocycles. The predicted molar refractivity (Wildman–Crippen MR) is 138 cm³/mol. The molecule has 0 saturated heterocycles. The van der Waals surface area contributed by atoms with Crippen molar-refractivity contribution in [2.24, 2.45) is 5.73 Å². The van der Waals surface area contributed by atoms with Gasteiger partial charge in [-0.1, -0.05) is 24.3 Å². The molecule has 190 valence electrons. The number of carbonyl (C=O) groups excluding carboxylic acids is 3. The fraction of sp³-hybridized carbons (Fsp3) is 0.280. The third kappa shape index (κ3) is 5.57. The minimum absolute atomic E-state index is 0.0123. The van der Waals surface area contributed by atoms with E-state index in [2.05, 4.69) is 9.69 Å². The molecule has 36 heavy (non-hydrogen) atoms. The van der Waals surface area contributed by atoms with Gasteiger partial charge in [-0.2, -0.15) is 4.37 Å². The molecule has 0 radical (unpaired) electrons. The summed E-state index contributed by atoms with van der Waals surface area (Å²) in [6.45, 7) is 5.52. The Labute approximate surface area is 213 Å². The highest BCUT2D eigenvalue weighted by atomic mass is 32.1. The summed E-state index contributed by atoms with van der Waals surface area (Å²) in [5.41, 5.74) is 11.4. The minimum atomic E-state index is -1.14. The van der Waals surface area contributed by atoms with Crippen molar-refractivity contribution in [3.63, 3.8) is 0 Å². The highest BCUT2D eigenvalue weighted by Crippen LogP contribution is 2.36. The number of nitrogens with one attached hydrogen (secondary N) is 1. The molecule has 0 saturated carbocycles. The maximum absolute atomic E-state index is 14.0. The first-order valence-electron chi connectivity index (χ1n) is 11.0. The Kier molecular flexibility index (Phi) is 7.83. The van der Waals surface area contributed by atoms with E-state index < -0.39 is 29.3 Å². The zero-order valence-corrected chi connectivity index (χ0v) is 21.5. The molecular weight excluding hydrogens is 482 g/mol. The van der Waals surface area contributed by atoms with Crippen LogP contribution in [0, 0.1) is 0 Å². The van der Waals surface area contributed by atoms with Gasteiger partial charge in [0.05, 0.1) is 19.9 Å². The Balaban J connectivity index is 2.26. The molecule has 11 heteroatoms. The topological polar surface area (TPSA) is 150 Å². The first-order chi connectivity index (χ1) is 17.0. The van der Waals surface area contributed by atoms with Crippen molar-refractivity contribution in [1.82, 2.24) is 9.69 Å². The van der Waals surface area contributed by atoms with E-state index in [0.717, 1.165) is 11.5 Å². The lowest BCUT2D eigenvalue weighted by Crippen LogP contribution is -2.49. The van der Waals surface area contributed by atoms with E-state index in [1.165, 1.54) is 19.1 Å². The molecule has 0 fully saturated rings. The van der Waals surface area contributed by atoms with Gasteiger partial charge in [0.15, 0.2) is 17.2 Å². The fourth-order valence-corrected chi connectivity index (χ4v) is 4.33. The number of para-hydroxylation sites is 1. The van der Waals surface area contributed by atoms with Gasteiger partial charge < -0.3 is 26.3 Å². The number of nitrogens with two attached hydrogens (primary N) is 2. The average Bonchev–Trinajstić information content (AvgIpc) is 3.22. The number of nitrogen functional groups attached to an aromatic ring is 1. The maximum Gasteiger partial charge on any atom is 0.273 e. The Morgan fingerprint density at radius 3 is 2.19 bits per heavy atom. The molecule has 3 aromatic rings. The van der Waals surface area contributed by atoms with Crippen molar-refractivity contribution in [2.45, 2.75) is 32.4 Å². The molecule has 0 aliphatic heterocycles. The fourth-order valence-electron chi connectivity index (χ4n) is 3.59. The number of anilines is 2. The van der Waals surface area contributed by atoms with Gasteiger partial charge in [0, 0.05) is 11.2 Å². The second kappa shape index (κ2) is 10.6. The van der Waals surface area contributed by atoms with Crippen LogP contribution in [0.3, 0.4) is 0 Å². The van der Waals surface area contributed by atoms with Crippen molar-refractivity contribution in [3.05, 3.63) is 64.7 Å². The van der Waals surface area contributed by atoms with Crippen LogP contribution in [0.1, 0.15) is 52.5 Å². The molecule has 0 bridgehead atoms. The summed E-state index contributed by atoms with van der Waals surface area (Å²) >= 11 is 0.743. The number of methoxy groups -OCH3 is 2. The summed E-state index contributed by atoms with van der Waals surface area (Å²) in [5.74, 6) is -1.06. The number of aromatic nitrogens is 1. The second-order valence-corrected chi connectivity index (χ2v) is 9.68. The number of carbonyl (C=O) groups is 3. The summed E-state index contributed by atoms with van der Waals surface area (Å²) in [5, 5.41) is 2.96. The summed E-state index contributed by atoms with van der Waals surface area (Å²) in [6.07, 6.45) is 0. The number of amides is 3. The monoisotopic (exact) mass is 511 g/mol. The van der Waals surface area contributed by atoms with Gasteiger partial charge >= 0.3 is 0 Å². The summed E-state index contributed by atoms with van der Waals surface area (Å²) in [6, 6.07) is 12.5. The summed E-state index contributed by atoms with van der Waals surface area (Å²) in [4.78, 5) is 40.8. The van der Waals surface area contributed by atoms with Crippen molar-refractivity contribution < 1.29 is 23.9 Å². The molecule has 2 aromatic carbocycles. The van der Waals surface area contributed by atoms with E-state index in [4.69, 9.17) is 20.9 Å². The normalized spacial score (nSPS) is 11.9. The van der Waals surface area contributed by atoms with Crippen LogP contribution in [0.25, 0.3) is 0 Å². The first-order valence-corrected chi connectivity index (χ1v) is 11.7. The van der Waals surface area contributed by atoms with E-state index in [9.17, 15) is 14.4 Å². The van der Waals surface area contributed by atoms with Gasteiger partial charge in [-0.25, -0.2) is 0 Å². The van der Waals surface area contributed by atoms with E-state index in [1.54, 1.807) is 48.5 Å². The number of primary amides is 1. The van der Waals surface area contributed by atoms with Crippen molar-refractivity contribution >= 4 is 40.6 Å². The molecule has 1 heterocycles. The van der Waals surface area contributed by atoms with E-state index in [-0.39, 0.29) is 16.3 Å². The van der Waals surface area contributed by atoms with Crippen LogP contribution in [-0.2, 0) is 4.79 Å². The number of rotatable bonds is 8. The van der Waals surface area contributed by atoms with Crippen LogP contribution < -0.4 is 31.2 Å². The molecule has 3 rings (SSSR count). The van der Waals surface area contributed by atoms with Gasteiger partial charge in [0.2, 0.25) is 5.91 Å². The molecule has 0 aliphatic rings. The van der Waals surface area contributed by atoms with Crippen LogP contribution >= 0.6 is 11.5 Å². The minimum Gasteiger partial charge on any atom is -0.493 e. The SMILES string of the molecule is COc1ccc([C@@H](C(=O)NC(C)(C)C)N(C(=O)c2snc(C(N)=O)c2N)c2ccccc2)cc1OC. The summed E-state index contributed by atoms with van der Waals surface area (Å²) < 4.78 is 14.7. The lowest BCUT2D eigenvalue weighted by atomic mass is 10.00. The average molecular weight is 512 g/mol. The molecule has 1 atom stereocenters. The van der Waals surface area contributed by atoms with Gasteiger partial charge in [-0.05, 0) is 62.1 Å². The van der Waals surface area contributed by atoms with Crippen molar-refractivity contribution in [1.29, 1.82) is 0 Å². The van der Waals surface area contributed by atoms with Crippen LogP contribution in [0.4, 0.5) is 11.4 Å². The van der Waals surface area contributed by atoms with Crippen molar-refractivity contribution in [3.8, 4) is 11.5 Å². The Morgan fingerprint density at radius 2 is 1.67 bits per heavy atom. The number of hydrogen-bond donors (Lipinski definition) is 3. The van der Waals surface area contributed by atoms with E-state index in [1.807, 2.05) is 20.8 Å². The van der Waals surface area contributed by atoms with Gasteiger partial charge in [-0.3, -0.25) is 19.3 Å². The third-order valence-electron chi connectivity index (χ3n) is 5.14. The Morgan fingerprint density at radius 1 is 1.03 bits per heavy atom. The molecule has 5 N–H and O–H groups in total. The lowest BCUT2D eigenvalue weighted by Gasteiger charge is -2.33. The first kappa shape index (κ1) is 26.5. The molecule has 0 spiro atoms. The van der Waals surface area contributed by atoms with E-state index in [0.29, 0.717) is 22.7 Å². The zero-order valence-electron chi connectivity index (χ0n) is 20.7. The molecule has 10 nitrogen and oxygen atoms in total. The third-order valence-corrected chi connectivity index (χ3v) is 5.99. The van der Waals surface area contributed by atoms with Crippen LogP contribution in [0.2, 0.25) is 0 Å². The highest BCUT2D eigenvalue weighted by molar-refractivity contribution is 7.09. The molecule has 1 aromatic heterocycles. The lowest BCUT2D eigenvalue weighted by molar-refractivity contribution is -0.123. The van der Waals surface area contributed by atoms with Gasteiger partial charge in [0.25, 0.3) is 11.8 Å². The Bertz CT molecular complexity index is 1270. The van der Waals surface area contributed by atoms with Crippen LogP contribution in [0.15, 0.2) is 48.5 Å². The largest absolute Gasteiger partial charge is 0.493 e. The zero-order chi connectivity index (χ0) is 26.6. The molecular formula is C25H29N5O5S.